The van der Waals surface area contributed by atoms with Crippen LogP contribution in [0.1, 0.15) is 17.7 Å². The molecule has 2 heterocycles. The molecule has 0 saturated carbocycles. The van der Waals surface area contributed by atoms with Crippen LogP contribution in [0.5, 0.6) is 0 Å². The molecule has 1 fully saturated rings. The summed E-state index contributed by atoms with van der Waals surface area (Å²) in [6, 6.07) is 4.38. The van der Waals surface area contributed by atoms with Crippen molar-refractivity contribution in [1.82, 2.24) is 9.80 Å². The fourth-order valence-corrected chi connectivity index (χ4v) is 3.08. The summed E-state index contributed by atoms with van der Waals surface area (Å²) in [7, 11) is 3.69. The highest BCUT2D eigenvalue weighted by Crippen LogP contribution is 2.20. The number of likely N-dealkylation sites (tertiary alicyclic amines) is 1. The Bertz CT molecular complexity index is 362. The highest BCUT2D eigenvalue weighted by molar-refractivity contribution is 7.09. The molecule has 1 aliphatic rings. The molecule has 1 aliphatic heterocycles. The maximum Gasteiger partial charge on any atom is 0.239 e. The van der Waals surface area contributed by atoms with E-state index < -0.39 is 0 Å². The summed E-state index contributed by atoms with van der Waals surface area (Å²) >= 11 is 1.80. The molecule has 1 saturated heterocycles. The molecule has 0 N–H and O–H groups in total. The fourth-order valence-electron chi connectivity index (χ4n) is 2.38. The largest absolute Gasteiger partial charge is 0.347 e. The molecule has 0 aromatic carbocycles. The number of rotatable bonds is 4. The minimum atomic E-state index is 0.116. The normalized spacial score (nSPS) is 20.7. The van der Waals surface area contributed by atoms with Crippen LogP contribution in [0.4, 0.5) is 0 Å². The maximum absolute atomic E-state index is 12.0. The topological polar surface area (TPSA) is 23.6 Å². The Morgan fingerprint density at radius 1 is 1.59 bits per heavy atom. The summed E-state index contributed by atoms with van der Waals surface area (Å²) in [5.41, 5.74) is 0. The van der Waals surface area contributed by atoms with E-state index in [-0.39, 0.29) is 11.9 Å². The Balaban J connectivity index is 1.89. The van der Waals surface area contributed by atoms with Gasteiger partial charge in [-0.05, 0) is 37.3 Å². The van der Waals surface area contributed by atoms with Crippen molar-refractivity contribution >= 4 is 17.2 Å². The lowest BCUT2D eigenvalue weighted by Gasteiger charge is -2.25. The number of hydrogen-bond acceptors (Lipinski definition) is 3. The number of carbonyl (C=O) groups excluding carboxylic acids is 1. The van der Waals surface area contributed by atoms with Gasteiger partial charge in [-0.25, -0.2) is 0 Å². The summed E-state index contributed by atoms with van der Waals surface area (Å²) in [4.78, 5) is 17.5. The lowest BCUT2D eigenvalue weighted by molar-refractivity contribution is -0.133. The van der Waals surface area contributed by atoms with Crippen LogP contribution in [-0.4, -0.2) is 48.9 Å². The van der Waals surface area contributed by atoms with Gasteiger partial charge in [0.25, 0.3) is 0 Å². The lowest BCUT2D eigenvalue weighted by Crippen LogP contribution is -2.43. The summed E-state index contributed by atoms with van der Waals surface area (Å²) < 4.78 is 0. The second-order valence-electron chi connectivity index (χ2n) is 4.76. The Morgan fingerprint density at radius 3 is 3.06 bits per heavy atom. The van der Waals surface area contributed by atoms with E-state index >= 15 is 0 Å². The van der Waals surface area contributed by atoms with Crippen molar-refractivity contribution in [2.45, 2.75) is 25.3 Å². The van der Waals surface area contributed by atoms with Crippen LogP contribution < -0.4 is 0 Å². The average Bonchev–Trinajstić information content (AvgIpc) is 2.96. The lowest BCUT2D eigenvalue weighted by atomic mass is 10.2. The number of nitrogens with zero attached hydrogens (tertiary/aromatic N) is 2. The third-order valence-electron chi connectivity index (χ3n) is 3.32. The van der Waals surface area contributed by atoms with Crippen LogP contribution in [0, 0.1) is 0 Å². The number of thiophene rings is 1. The smallest absolute Gasteiger partial charge is 0.239 e. The first-order valence-electron chi connectivity index (χ1n) is 6.16. The molecule has 1 aromatic heterocycles. The third-order valence-corrected chi connectivity index (χ3v) is 4.25. The van der Waals surface area contributed by atoms with E-state index in [9.17, 15) is 4.79 Å². The minimum Gasteiger partial charge on any atom is -0.347 e. The van der Waals surface area contributed by atoms with Crippen molar-refractivity contribution in [2.75, 3.05) is 27.2 Å². The van der Waals surface area contributed by atoms with Gasteiger partial charge in [0.2, 0.25) is 5.91 Å². The molecule has 0 spiro atoms. The molecule has 1 amide bonds. The van der Waals surface area contributed by atoms with E-state index in [2.05, 4.69) is 22.4 Å². The summed E-state index contributed by atoms with van der Waals surface area (Å²) in [5, 5.41) is 2.11. The van der Waals surface area contributed by atoms with Crippen LogP contribution in [0.3, 0.4) is 0 Å². The first-order valence-corrected chi connectivity index (χ1v) is 7.04. The molecule has 1 aromatic rings. The second-order valence-corrected chi connectivity index (χ2v) is 5.79. The van der Waals surface area contributed by atoms with Crippen molar-refractivity contribution in [1.29, 1.82) is 0 Å². The first kappa shape index (κ1) is 12.6. The number of carbonyl (C=O) groups is 1. The molecule has 17 heavy (non-hydrogen) atoms. The predicted octanol–water partition coefficient (Wildman–Crippen LogP) is 1.84. The van der Waals surface area contributed by atoms with Crippen molar-refractivity contribution in [3.63, 3.8) is 0 Å². The van der Waals surface area contributed by atoms with Crippen LogP contribution in [0.25, 0.3) is 0 Å². The molecule has 94 valence electrons. The maximum atomic E-state index is 12.0. The van der Waals surface area contributed by atoms with E-state index in [4.69, 9.17) is 0 Å². The van der Waals surface area contributed by atoms with Crippen LogP contribution in [-0.2, 0) is 11.2 Å². The third kappa shape index (κ3) is 3.07. The Kier molecular flexibility index (Phi) is 4.18. The van der Waals surface area contributed by atoms with Crippen molar-refractivity contribution in [3.05, 3.63) is 22.4 Å². The molecular weight excluding hydrogens is 232 g/mol. The SMILES string of the molecule is CN(C)C(=O)C1CCCN1CCc1cccs1. The highest BCUT2D eigenvalue weighted by Gasteiger charge is 2.31. The quantitative estimate of drug-likeness (QED) is 0.816. The van der Waals surface area contributed by atoms with Crippen molar-refractivity contribution in [3.8, 4) is 0 Å². The van der Waals surface area contributed by atoms with Crippen LogP contribution >= 0.6 is 11.3 Å². The van der Waals surface area contributed by atoms with Gasteiger partial charge < -0.3 is 4.90 Å². The molecule has 4 heteroatoms. The molecule has 0 aliphatic carbocycles. The van der Waals surface area contributed by atoms with E-state index in [0.29, 0.717) is 0 Å². The first-order chi connectivity index (χ1) is 8.18. The second kappa shape index (κ2) is 5.65. The van der Waals surface area contributed by atoms with Gasteiger partial charge in [-0.15, -0.1) is 11.3 Å². The average molecular weight is 252 g/mol. The van der Waals surface area contributed by atoms with E-state index in [0.717, 1.165) is 32.4 Å². The summed E-state index contributed by atoms with van der Waals surface area (Å²) in [5.74, 6) is 0.258. The summed E-state index contributed by atoms with van der Waals surface area (Å²) in [6.07, 6.45) is 3.23. The number of hydrogen-bond donors (Lipinski definition) is 0. The van der Waals surface area contributed by atoms with Crippen LogP contribution in [0.15, 0.2) is 17.5 Å². The zero-order chi connectivity index (χ0) is 12.3. The zero-order valence-corrected chi connectivity index (χ0v) is 11.4. The molecule has 0 bridgehead atoms. The van der Waals surface area contributed by atoms with Crippen molar-refractivity contribution < 1.29 is 4.79 Å². The van der Waals surface area contributed by atoms with Gasteiger partial charge in [0.15, 0.2) is 0 Å². The van der Waals surface area contributed by atoms with E-state index in [1.807, 2.05) is 14.1 Å². The van der Waals surface area contributed by atoms with Crippen LogP contribution in [0.2, 0.25) is 0 Å². The Morgan fingerprint density at radius 2 is 2.41 bits per heavy atom. The predicted molar refractivity (Wildman–Crippen MR) is 71.3 cm³/mol. The van der Waals surface area contributed by atoms with Gasteiger partial charge in [0.05, 0.1) is 6.04 Å². The van der Waals surface area contributed by atoms with Gasteiger partial charge in [0.1, 0.15) is 0 Å². The molecule has 2 rings (SSSR count). The molecule has 1 unspecified atom stereocenters. The van der Waals surface area contributed by atoms with Gasteiger partial charge in [-0.2, -0.15) is 0 Å². The van der Waals surface area contributed by atoms with Gasteiger partial charge >= 0.3 is 0 Å². The highest BCUT2D eigenvalue weighted by atomic mass is 32.1. The van der Waals surface area contributed by atoms with Gasteiger partial charge in [-0.1, -0.05) is 6.07 Å². The van der Waals surface area contributed by atoms with E-state index in [1.165, 1.54) is 4.88 Å². The Hall–Kier alpha value is -0.870. The van der Waals surface area contributed by atoms with E-state index in [1.54, 1.807) is 16.2 Å². The number of likely N-dealkylation sites (N-methyl/N-ethyl adjacent to an activating group) is 1. The molecule has 1 atom stereocenters. The monoisotopic (exact) mass is 252 g/mol. The standard InChI is InChI=1S/C13H20N2OS/c1-14(2)13(16)12-6-3-8-15(12)9-7-11-5-4-10-17-11/h4-5,10,12H,3,6-9H2,1-2H3. The number of amides is 1. The summed E-state index contributed by atoms with van der Waals surface area (Å²) in [6.45, 7) is 2.07. The fraction of sp³-hybridized carbons (Fsp3) is 0.615. The molecule has 3 nitrogen and oxygen atoms in total. The Labute approximate surface area is 107 Å². The molecular formula is C13H20N2OS. The zero-order valence-electron chi connectivity index (χ0n) is 10.6. The molecule has 0 radical (unpaired) electrons. The van der Waals surface area contributed by atoms with Crippen molar-refractivity contribution in [2.24, 2.45) is 0 Å². The van der Waals surface area contributed by atoms with Gasteiger partial charge in [0, 0.05) is 25.5 Å². The minimum absolute atomic E-state index is 0.116. The van der Waals surface area contributed by atoms with Gasteiger partial charge in [-0.3, -0.25) is 9.69 Å².